The third-order valence-electron chi connectivity index (χ3n) is 6.10. The average Bonchev–Trinajstić information content (AvgIpc) is 3.38. The minimum absolute atomic E-state index is 0.0804. The van der Waals surface area contributed by atoms with Gasteiger partial charge in [0.15, 0.2) is 23.3 Å². The molecule has 1 atom stereocenters. The molecule has 3 aromatic carbocycles. The zero-order chi connectivity index (χ0) is 27.9. The van der Waals surface area contributed by atoms with E-state index in [-0.39, 0.29) is 12.2 Å². The summed E-state index contributed by atoms with van der Waals surface area (Å²) in [6.45, 7) is 0.360. The van der Waals surface area contributed by atoms with E-state index < -0.39 is 53.2 Å². The van der Waals surface area contributed by atoms with E-state index >= 15 is 0 Å². The van der Waals surface area contributed by atoms with Gasteiger partial charge in [-0.2, -0.15) is 0 Å². The second kappa shape index (κ2) is 12.6. The van der Waals surface area contributed by atoms with Gasteiger partial charge in [0.05, 0.1) is 19.1 Å². The SMILES string of the molecule is O=C(Cc1nccn1Cc1c(F)c(F)c(F)c(F)c1F)Nc1ccc(CCNC[C@H](O)c2ccccc2)cc1. The Bertz CT molecular complexity index is 1400. The summed E-state index contributed by atoms with van der Waals surface area (Å²) in [7, 11) is 0. The number of carbonyl (C=O) groups excluding carboxylic acids is 1. The van der Waals surface area contributed by atoms with Crippen LogP contribution in [0, 0.1) is 29.1 Å². The molecule has 0 spiro atoms. The molecule has 1 heterocycles. The van der Waals surface area contributed by atoms with E-state index in [0.717, 1.165) is 15.7 Å². The second-order valence-electron chi connectivity index (χ2n) is 8.82. The molecule has 6 nitrogen and oxygen atoms in total. The fraction of sp³-hybridized carbons (Fsp3) is 0.214. The molecule has 0 bridgehead atoms. The number of imidazole rings is 1. The van der Waals surface area contributed by atoms with Crippen LogP contribution in [0.15, 0.2) is 67.0 Å². The van der Waals surface area contributed by atoms with Gasteiger partial charge in [0, 0.05) is 30.2 Å². The van der Waals surface area contributed by atoms with Gasteiger partial charge in [-0.05, 0) is 36.2 Å². The number of benzene rings is 3. The summed E-state index contributed by atoms with van der Waals surface area (Å²) >= 11 is 0. The van der Waals surface area contributed by atoms with Crippen molar-refractivity contribution in [2.45, 2.75) is 25.5 Å². The topological polar surface area (TPSA) is 79.2 Å². The van der Waals surface area contributed by atoms with Gasteiger partial charge in [-0.15, -0.1) is 0 Å². The number of anilines is 1. The summed E-state index contributed by atoms with van der Waals surface area (Å²) in [5, 5.41) is 16.1. The van der Waals surface area contributed by atoms with E-state index in [1.165, 1.54) is 12.4 Å². The Labute approximate surface area is 221 Å². The van der Waals surface area contributed by atoms with Crippen molar-refractivity contribution in [3.8, 4) is 0 Å². The average molecular weight is 545 g/mol. The van der Waals surface area contributed by atoms with Crippen molar-refractivity contribution in [1.29, 1.82) is 0 Å². The summed E-state index contributed by atoms with van der Waals surface area (Å²) in [6.07, 6.45) is 2.34. The van der Waals surface area contributed by atoms with Crippen LogP contribution in [0.3, 0.4) is 0 Å². The lowest BCUT2D eigenvalue weighted by Crippen LogP contribution is -2.23. The Balaban J connectivity index is 1.28. The maximum absolute atomic E-state index is 14.1. The van der Waals surface area contributed by atoms with Gasteiger partial charge < -0.3 is 20.3 Å². The lowest BCUT2D eigenvalue weighted by atomic mass is 10.1. The zero-order valence-electron chi connectivity index (χ0n) is 20.6. The lowest BCUT2D eigenvalue weighted by molar-refractivity contribution is -0.115. The van der Waals surface area contributed by atoms with E-state index in [1.54, 1.807) is 12.1 Å². The van der Waals surface area contributed by atoms with Crippen LogP contribution < -0.4 is 10.6 Å². The standard InChI is InChI=1S/C28H25F5N4O2/c29-24-20(25(30)27(32)28(33)26(24)31)16-37-13-12-35-22(37)14-23(39)36-19-8-6-17(7-9-19)10-11-34-15-21(38)18-4-2-1-3-5-18/h1-9,12-13,21,34,38H,10-11,14-16H2,(H,36,39)/t21-/m0/s1. The normalized spacial score (nSPS) is 11.9. The summed E-state index contributed by atoms with van der Waals surface area (Å²) in [5.74, 6) is -10.6. The third kappa shape index (κ3) is 6.87. The number of amides is 1. The first kappa shape index (κ1) is 27.9. The van der Waals surface area contributed by atoms with Gasteiger partial charge in [0.2, 0.25) is 11.7 Å². The minimum Gasteiger partial charge on any atom is -0.387 e. The number of rotatable bonds is 11. The van der Waals surface area contributed by atoms with Crippen LogP contribution in [0.2, 0.25) is 0 Å². The Morgan fingerprint density at radius 3 is 2.21 bits per heavy atom. The number of halogens is 5. The molecular weight excluding hydrogens is 519 g/mol. The van der Waals surface area contributed by atoms with Crippen LogP contribution in [0.5, 0.6) is 0 Å². The Kier molecular flexibility index (Phi) is 9.05. The molecule has 39 heavy (non-hydrogen) atoms. The van der Waals surface area contributed by atoms with Crippen LogP contribution in [0.25, 0.3) is 0 Å². The molecule has 11 heteroatoms. The van der Waals surface area contributed by atoms with E-state index in [1.807, 2.05) is 42.5 Å². The molecule has 0 fully saturated rings. The highest BCUT2D eigenvalue weighted by Gasteiger charge is 2.26. The summed E-state index contributed by atoms with van der Waals surface area (Å²) < 4.78 is 69.6. The molecule has 0 saturated carbocycles. The van der Waals surface area contributed by atoms with Gasteiger partial charge in [-0.3, -0.25) is 4.79 Å². The predicted octanol–water partition coefficient (Wildman–Crippen LogP) is 4.67. The number of hydrogen-bond acceptors (Lipinski definition) is 4. The first-order chi connectivity index (χ1) is 18.7. The van der Waals surface area contributed by atoms with Crippen LogP contribution in [0.4, 0.5) is 27.6 Å². The van der Waals surface area contributed by atoms with Crippen molar-refractivity contribution in [1.82, 2.24) is 14.9 Å². The Hall–Kier alpha value is -4.09. The largest absolute Gasteiger partial charge is 0.387 e. The fourth-order valence-electron chi connectivity index (χ4n) is 3.98. The maximum atomic E-state index is 14.1. The quantitative estimate of drug-likeness (QED) is 0.111. The molecule has 4 aromatic rings. The molecule has 4 rings (SSSR count). The van der Waals surface area contributed by atoms with Gasteiger partial charge in [-0.25, -0.2) is 26.9 Å². The van der Waals surface area contributed by atoms with Crippen molar-refractivity contribution in [3.63, 3.8) is 0 Å². The van der Waals surface area contributed by atoms with Gasteiger partial charge in [-0.1, -0.05) is 42.5 Å². The Morgan fingerprint density at radius 2 is 1.54 bits per heavy atom. The molecule has 1 aromatic heterocycles. The molecule has 0 radical (unpaired) electrons. The molecule has 0 saturated heterocycles. The highest BCUT2D eigenvalue weighted by molar-refractivity contribution is 5.91. The highest BCUT2D eigenvalue weighted by Crippen LogP contribution is 2.24. The van der Waals surface area contributed by atoms with Crippen molar-refractivity contribution in [3.05, 3.63) is 119 Å². The van der Waals surface area contributed by atoms with Gasteiger partial charge >= 0.3 is 0 Å². The molecular formula is C28H25F5N4O2. The number of hydrogen-bond donors (Lipinski definition) is 3. The number of aromatic nitrogens is 2. The van der Waals surface area contributed by atoms with Crippen molar-refractivity contribution < 1.29 is 31.9 Å². The van der Waals surface area contributed by atoms with Crippen LogP contribution in [0.1, 0.15) is 28.6 Å². The first-order valence-electron chi connectivity index (χ1n) is 12.1. The van der Waals surface area contributed by atoms with Crippen LogP contribution in [-0.2, 0) is 24.2 Å². The van der Waals surface area contributed by atoms with E-state index in [4.69, 9.17) is 0 Å². The molecule has 0 aliphatic carbocycles. The smallest absolute Gasteiger partial charge is 0.231 e. The predicted molar refractivity (Wildman–Crippen MR) is 134 cm³/mol. The number of aliphatic hydroxyl groups is 1. The monoisotopic (exact) mass is 544 g/mol. The number of nitrogens with one attached hydrogen (secondary N) is 2. The van der Waals surface area contributed by atoms with Crippen molar-refractivity contribution >= 4 is 11.6 Å². The van der Waals surface area contributed by atoms with Gasteiger partial charge in [0.25, 0.3) is 0 Å². The van der Waals surface area contributed by atoms with E-state index in [9.17, 15) is 31.9 Å². The van der Waals surface area contributed by atoms with Crippen molar-refractivity contribution in [2.24, 2.45) is 0 Å². The molecule has 204 valence electrons. The second-order valence-corrected chi connectivity index (χ2v) is 8.82. The molecule has 1 amide bonds. The summed E-state index contributed by atoms with van der Waals surface area (Å²) in [5.41, 5.74) is 1.33. The van der Waals surface area contributed by atoms with Crippen LogP contribution in [-0.4, -0.2) is 33.7 Å². The first-order valence-corrected chi connectivity index (χ1v) is 12.1. The summed E-state index contributed by atoms with van der Waals surface area (Å²) in [6, 6.07) is 16.5. The molecule has 0 unspecified atom stereocenters. The molecule has 0 aliphatic rings. The zero-order valence-corrected chi connectivity index (χ0v) is 20.6. The van der Waals surface area contributed by atoms with E-state index in [2.05, 4.69) is 15.6 Å². The minimum atomic E-state index is -2.23. The number of aliphatic hydroxyl groups excluding tert-OH is 1. The lowest BCUT2D eigenvalue weighted by Gasteiger charge is -2.12. The van der Waals surface area contributed by atoms with Crippen LogP contribution >= 0.6 is 0 Å². The van der Waals surface area contributed by atoms with E-state index in [0.29, 0.717) is 25.2 Å². The number of nitrogens with zero attached hydrogens (tertiary/aromatic N) is 2. The van der Waals surface area contributed by atoms with Crippen molar-refractivity contribution in [2.75, 3.05) is 18.4 Å². The van der Waals surface area contributed by atoms with Gasteiger partial charge in [0.1, 0.15) is 5.82 Å². The molecule has 3 N–H and O–H groups in total. The third-order valence-corrected chi connectivity index (χ3v) is 6.10. The fourth-order valence-corrected chi connectivity index (χ4v) is 3.98. The maximum Gasteiger partial charge on any atom is 0.231 e. The summed E-state index contributed by atoms with van der Waals surface area (Å²) in [4.78, 5) is 16.5. The highest BCUT2D eigenvalue weighted by atomic mass is 19.2. The molecule has 0 aliphatic heterocycles. The number of carbonyl (C=O) groups is 1. The Morgan fingerprint density at radius 1 is 0.897 bits per heavy atom.